The first-order valence-corrected chi connectivity index (χ1v) is 7.92. The van der Waals surface area contributed by atoms with Crippen molar-refractivity contribution < 1.29 is 19.1 Å². The Hall–Kier alpha value is -2.82. The fourth-order valence-corrected chi connectivity index (χ4v) is 2.76. The summed E-state index contributed by atoms with van der Waals surface area (Å²) in [6.45, 7) is 3.12. The predicted octanol–water partition coefficient (Wildman–Crippen LogP) is 2.83. The van der Waals surface area contributed by atoms with Crippen LogP contribution in [-0.2, 0) is 16.1 Å². The molecule has 1 aliphatic heterocycles. The molecule has 0 radical (unpaired) electrons. The summed E-state index contributed by atoms with van der Waals surface area (Å²) in [5.74, 6) is 0.137. The van der Waals surface area contributed by atoms with Crippen LogP contribution in [-0.4, -0.2) is 31.5 Å². The molecule has 0 spiro atoms. The van der Waals surface area contributed by atoms with Gasteiger partial charge in [0.25, 0.3) is 0 Å². The van der Waals surface area contributed by atoms with E-state index in [-0.39, 0.29) is 0 Å². The van der Waals surface area contributed by atoms with E-state index in [1.807, 2.05) is 36.4 Å². The maximum absolute atomic E-state index is 12.1. The maximum atomic E-state index is 12.1. The standard InChI is InChI=1S/C19H19NO4/c1-2-23-19(22)18-12-20(11-14-6-4-3-5-7-14)16-9-8-15(13-21)10-17(16)24-18/h3-10,13,18H,2,11-12H2,1H3. The first-order chi connectivity index (χ1) is 11.7. The fraction of sp³-hybridized carbons (Fsp3) is 0.263. The van der Waals surface area contributed by atoms with E-state index in [9.17, 15) is 9.59 Å². The van der Waals surface area contributed by atoms with Crippen LogP contribution in [0.2, 0.25) is 0 Å². The number of carbonyl (C=O) groups is 2. The molecule has 1 atom stereocenters. The van der Waals surface area contributed by atoms with Crippen molar-refractivity contribution in [3.05, 3.63) is 59.7 Å². The summed E-state index contributed by atoms with van der Waals surface area (Å²) >= 11 is 0. The topological polar surface area (TPSA) is 55.8 Å². The van der Waals surface area contributed by atoms with E-state index in [0.717, 1.165) is 17.5 Å². The monoisotopic (exact) mass is 325 g/mol. The lowest BCUT2D eigenvalue weighted by Crippen LogP contribution is -2.45. The third-order valence-corrected chi connectivity index (χ3v) is 3.88. The van der Waals surface area contributed by atoms with Crippen LogP contribution in [0.4, 0.5) is 5.69 Å². The minimum absolute atomic E-state index is 0.304. The van der Waals surface area contributed by atoms with Crippen LogP contribution in [0.3, 0.4) is 0 Å². The Morgan fingerprint density at radius 1 is 1.29 bits per heavy atom. The number of hydrogen-bond acceptors (Lipinski definition) is 5. The van der Waals surface area contributed by atoms with Gasteiger partial charge in [-0.05, 0) is 30.7 Å². The second-order valence-electron chi connectivity index (χ2n) is 5.57. The molecule has 0 fully saturated rings. The molecule has 0 N–H and O–H groups in total. The fourth-order valence-electron chi connectivity index (χ4n) is 2.76. The minimum Gasteiger partial charge on any atom is -0.475 e. The van der Waals surface area contributed by atoms with Crippen molar-refractivity contribution >= 4 is 17.9 Å². The highest BCUT2D eigenvalue weighted by Crippen LogP contribution is 2.35. The molecular weight excluding hydrogens is 306 g/mol. The smallest absolute Gasteiger partial charge is 0.349 e. The number of hydrogen-bond donors (Lipinski definition) is 0. The third-order valence-electron chi connectivity index (χ3n) is 3.88. The summed E-state index contributed by atoms with van der Waals surface area (Å²) < 4.78 is 10.9. The van der Waals surface area contributed by atoms with Gasteiger partial charge in [0.15, 0.2) is 0 Å². The van der Waals surface area contributed by atoms with Gasteiger partial charge in [-0.25, -0.2) is 4.79 Å². The van der Waals surface area contributed by atoms with E-state index in [2.05, 4.69) is 4.90 Å². The summed E-state index contributed by atoms with van der Waals surface area (Å²) in [6.07, 6.45) is 0.0576. The average molecular weight is 325 g/mol. The predicted molar refractivity (Wildman–Crippen MR) is 90.4 cm³/mol. The van der Waals surface area contributed by atoms with Gasteiger partial charge < -0.3 is 14.4 Å². The number of anilines is 1. The van der Waals surface area contributed by atoms with Crippen LogP contribution in [0, 0.1) is 0 Å². The molecule has 5 nitrogen and oxygen atoms in total. The number of carbonyl (C=O) groups excluding carboxylic acids is 2. The molecule has 0 saturated carbocycles. The molecule has 3 rings (SSSR count). The molecule has 2 aromatic rings. The zero-order valence-electron chi connectivity index (χ0n) is 13.5. The molecule has 0 bridgehead atoms. The summed E-state index contributed by atoms with van der Waals surface area (Å²) in [6, 6.07) is 15.3. The number of fused-ring (bicyclic) bond motifs is 1. The molecular formula is C19H19NO4. The highest BCUT2D eigenvalue weighted by Gasteiger charge is 2.32. The molecule has 2 aromatic carbocycles. The Bertz CT molecular complexity index is 729. The van der Waals surface area contributed by atoms with Gasteiger partial charge in [0, 0.05) is 12.1 Å². The number of nitrogens with zero attached hydrogens (tertiary/aromatic N) is 1. The Balaban J connectivity index is 1.91. The Labute approximate surface area is 140 Å². The van der Waals surface area contributed by atoms with E-state index < -0.39 is 12.1 Å². The molecule has 0 amide bonds. The van der Waals surface area contributed by atoms with Gasteiger partial charge >= 0.3 is 5.97 Å². The lowest BCUT2D eigenvalue weighted by atomic mass is 10.1. The second kappa shape index (κ2) is 7.17. The van der Waals surface area contributed by atoms with Crippen LogP contribution in [0.15, 0.2) is 48.5 Å². The molecule has 0 aromatic heterocycles. The van der Waals surface area contributed by atoms with E-state index in [0.29, 0.717) is 31.0 Å². The number of rotatable bonds is 5. The van der Waals surface area contributed by atoms with Crippen molar-refractivity contribution in [3.8, 4) is 5.75 Å². The van der Waals surface area contributed by atoms with Gasteiger partial charge in [-0.15, -0.1) is 0 Å². The van der Waals surface area contributed by atoms with Gasteiger partial charge in [0.2, 0.25) is 6.10 Å². The van der Waals surface area contributed by atoms with Gasteiger partial charge in [-0.3, -0.25) is 4.79 Å². The Morgan fingerprint density at radius 2 is 2.08 bits per heavy atom. The van der Waals surface area contributed by atoms with E-state index in [4.69, 9.17) is 9.47 Å². The molecule has 124 valence electrons. The number of benzene rings is 2. The quantitative estimate of drug-likeness (QED) is 0.625. The molecule has 1 aliphatic rings. The Morgan fingerprint density at radius 3 is 2.79 bits per heavy atom. The average Bonchev–Trinajstić information content (AvgIpc) is 2.62. The van der Waals surface area contributed by atoms with Crippen LogP contribution >= 0.6 is 0 Å². The SMILES string of the molecule is CCOC(=O)C1CN(Cc2ccccc2)c2ccc(C=O)cc2O1. The molecule has 5 heteroatoms. The summed E-state index contributed by atoms with van der Waals surface area (Å²) in [5.41, 5.74) is 2.51. The number of aldehydes is 1. The lowest BCUT2D eigenvalue weighted by Gasteiger charge is -2.35. The van der Waals surface area contributed by atoms with Crippen molar-refractivity contribution in [1.82, 2.24) is 0 Å². The molecule has 1 unspecified atom stereocenters. The first-order valence-electron chi connectivity index (χ1n) is 7.92. The van der Waals surface area contributed by atoms with Crippen molar-refractivity contribution in [1.29, 1.82) is 0 Å². The summed E-state index contributed by atoms with van der Waals surface area (Å²) in [4.78, 5) is 25.2. The highest BCUT2D eigenvalue weighted by molar-refractivity contribution is 5.81. The van der Waals surface area contributed by atoms with Crippen LogP contribution < -0.4 is 9.64 Å². The van der Waals surface area contributed by atoms with E-state index in [1.54, 1.807) is 19.1 Å². The van der Waals surface area contributed by atoms with Crippen molar-refractivity contribution in [2.45, 2.75) is 19.6 Å². The van der Waals surface area contributed by atoms with E-state index in [1.165, 1.54) is 0 Å². The third kappa shape index (κ3) is 3.40. The van der Waals surface area contributed by atoms with Crippen molar-refractivity contribution in [2.24, 2.45) is 0 Å². The van der Waals surface area contributed by atoms with E-state index >= 15 is 0 Å². The zero-order chi connectivity index (χ0) is 16.9. The highest BCUT2D eigenvalue weighted by atomic mass is 16.6. The normalized spacial score (nSPS) is 16.0. The minimum atomic E-state index is -0.705. The molecule has 24 heavy (non-hydrogen) atoms. The van der Waals surface area contributed by atoms with Gasteiger partial charge in [0.05, 0.1) is 18.8 Å². The molecule has 0 saturated heterocycles. The van der Waals surface area contributed by atoms with Crippen molar-refractivity contribution in [3.63, 3.8) is 0 Å². The molecule has 1 heterocycles. The Kier molecular flexibility index (Phi) is 4.79. The largest absolute Gasteiger partial charge is 0.475 e. The summed E-state index contributed by atoms with van der Waals surface area (Å²) in [7, 11) is 0. The van der Waals surface area contributed by atoms with Crippen LogP contribution in [0.5, 0.6) is 5.75 Å². The zero-order valence-corrected chi connectivity index (χ0v) is 13.5. The van der Waals surface area contributed by atoms with Crippen molar-refractivity contribution in [2.75, 3.05) is 18.1 Å². The second-order valence-corrected chi connectivity index (χ2v) is 5.57. The first kappa shape index (κ1) is 16.1. The van der Waals surface area contributed by atoms with Gasteiger partial charge in [-0.1, -0.05) is 30.3 Å². The number of esters is 1. The van der Waals surface area contributed by atoms with Gasteiger partial charge in [0.1, 0.15) is 12.0 Å². The van der Waals surface area contributed by atoms with Gasteiger partial charge in [-0.2, -0.15) is 0 Å². The number of ether oxygens (including phenoxy) is 2. The molecule has 0 aliphatic carbocycles. The lowest BCUT2D eigenvalue weighted by molar-refractivity contribution is -0.151. The van der Waals surface area contributed by atoms with Crippen LogP contribution in [0.1, 0.15) is 22.8 Å². The maximum Gasteiger partial charge on any atom is 0.349 e. The van der Waals surface area contributed by atoms with Crippen LogP contribution in [0.25, 0.3) is 0 Å². The summed E-state index contributed by atoms with van der Waals surface area (Å²) in [5, 5.41) is 0.